The maximum atomic E-state index is 12.3. The first-order valence-electron chi connectivity index (χ1n) is 6.37. The topological polar surface area (TPSA) is 70.9 Å². The quantitative estimate of drug-likeness (QED) is 0.749. The third-order valence-electron chi connectivity index (χ3n) is 3.44. The highest BCUT2D eigenvalue weighted by Crippen LogP contribution is 2.30. The number of amides is 1. The van der Waals surface area contributed by atoms with Gasteiger partial charge in [-0.05, 0) is 31.9 Å². The number of carbonyl (C=O) groups is 1. The van der Waals surface area contributed by atoms with Crippen molar-refractivity contribution in [3.63, 3.8) is 0 Å². The summed E-state index contributed by atoms with van der Waals surface area (Å²) in [6.45, 7) is 5.90. The highest BCUT2D eigenvalue weighted by molar-refractivity contribution is 6.07. The Labute approximate surface area is 116 Å². The largest absolute Gasteiger partial charge is 0.450 e. The first-order chi connectivity index (χ1) is 9.58. The number of carbonyl (C=O) groups excluding carboxylic acids is 1. The normalized spacial score (nSPS) is 10.9. The van der Waals surface area contributed by atoms with Crippen LogP contribution in [-0.2, 0) is 0 Å². The van der Waals surface area contributed by atoms with Crippen molar-refractivity contribution in [3.05, 3.63) is 47.0 Å². The number of aryl methyl sites for hydroxylation is 3. The van der Waals surface area contributed by atoms with Crippen molar-refractivity contribution in [2.75, 3.05) is 5.32 Å². The summed E-state index contributed by atoms with van der Waals surface area (Å²) in [6.07, 6.45) is 3.17. The van der Waals surface area contributed by atoms with Crippen LogP contribution < -0.4 is 5.32 Å². The SMILES string of the molecule is Cc1ccc(C)c2c(C)c(C(=O)Nc3cn[nH]c3)oc12. The molecule has 102 valence electrons. The van der Waals surface area contributed by atoms with Crippen LogP contribution in [0.2, 0.25) is 0 Å². The Morgan fingerprint density at radius 2 is 2.00 bits per heavy atom. The molecule has 0 unspecified atom stereocenters. The number of aromatic nitrogens is 2. The zero-order valence-electron chi connectivity index (χ0n) is 11.6. The average Bonchev–Trinajstić information content (AvgIpc) is 3.02. The number of nitrogens with one attached hydrogen (secondary N) is 2. The molecule has 5 heteroatoms. The molecule has 5 nitrogen and oxygen atoms in total. The van der Waals surface area contributed by atoms with Crippen LogP contribution in [-0.4, -0.2) is 16.1 Å². The molecule has 0 aliphatic rings. The van der Waals surface area contributed by atoms with Crippen LogP contribution in [0, 0.1) is 20.8 Å². The summed E-state index contributed by atoms with van der Waals surface area (Å²) in [5.41, 5.74) is 4.38. The van der Waals surface area contributed by atoms with Gasteiger partial charge in [0.05, 0.1) is 11.9 Å². The van der Waals surface area contributed by atoms with Gasteiger partial charge in [-0.3, -0.25) is 9.89 Å². The Kier molecular flexibility index (Phi) is 2.82. The number of H-pyrrole nitrogens is 1. The van der Waals surface area contributed by atoms with E-state index in [2.05, 4.69) is 15.5 Å². The molecule has 3 rings (SSSR count). The van der Waals surface area contributed by atoms with Crippen LogP contribution in [0.25, 0.3) is 11.0 Å². The van der Waals surface area contributed by atoms with Crippen molar-refractivity contribution < 1.29 is 9.21 Å². The fourth-order valence-corrected chi connectivity index (χ4v) is 2.40. The first-order valence-corrected chi connectivity index (χ1v) is 6.37. The minimum absolute atomic E-state index is 0.265. The molecule has 0 saturated carbocycles. The van der Waals surface area contributed by atoms with Gasteiger partial charge >= 0.3 is 0 Å². The number of aromatic amines is 1. The van der Waals surface area contributed by atoms with Crippen molar-refractivity contribution in [1.82, 2.24) is 10.2 Å². The number of anilines is 1. The Balaban J connectivity index is 2.08. The predicted molar refractivity (Wildman–Crippen MR) is 77.0 cm³/mol. The van der Waals surface area contributed by atoms with Crippen LogP contribution in [0.3, 0.4) is 0 Å². The van der Waals surface area contributed by atoms with E-state index in [0.717, 1.165) is 27.7 Å². The van der Waals surface area contributed by atoms with Gasteiger partial charge in [0.1, 0.15) is 5.58 Å². The zero-order valence-corrected chi connectivity index (χ0v) is 11.6. The Bertz CT molecular complexity index is 785. The molecule has 2 N–H and O–H groups in total. The fraction of sp³-hybridized carbons (Fsp3) is 0.200. The summed E-state index contributed by atoms with van der Waals surface area (Å²) in [6, 6.07) is 4.04. The van der Waals surface area contributed by atoms with E-state index in [1.54, 1.807) is 12.4 Å². The van der Waals surface area contributed by atoms with Crippen LogP contribution in [0.5, 0.6) is 0 Å². The fourth-order valence-electron chi connectivity index (χ4n) is 2.40. The number of fused-ring (bicyclic) bond motifs is 1. The number of benzene rings is 1. The van der Waals surface area contributed by atoms with E-state index in [1.807, 2.05) is 32.9 Å². The van der Waals surface area contributed by atoms with Gasteiger partial charge in [-0.1, -0.05) is 12.1 Å². The minimum Gasteiger partial charge on any atom is -0.450 e. The molecule has 0 aliphatic heterocycles. The Hall–Kier alpha value is -2.56. The highest BCUT2D eigenvalue weighted by Gasteiger charge is 2.20. The summed E-state index contributed by atoms with van der Waals surface area (Å²) in [5, 5.41) is 10.2. The lowest BCUT2D eigenvalue weighted by atomic mass is 10.0. The summed E-state index contributed by atoms with van der Waals surface area (Å²) < 4.78 is 5.78. The van der Waals surface area contributed by atoms with E-state index in [9.17, 15) is 4.79 Å². The number of nitrogens with zero attached hydrogens (tertiary/aromatic N) is 1. The molecular formula is C15H15N3O2. The molecule has 0 aliphatic carbocycles. The molecule has 0 saturated heterocycles. The van der Waals surface area contributed by atoms with E-state index in [-0.39, 0.29) is 5.91 Å². The lowest BCUT2D eigenvalue weighted by Crippen LogP contribution is -2.11. The van der Waals surface area contributed by atoms with E-state index >= 15 is 0 Å². The second kappa shape index (κ2) is 4.52. The van der Waals surface area contributed by atoms with Gasteiger partial charge in [-0.25, -0.2) is 0 Å². The predicted octanol–water partition coefficient (Wildman–Crippen LogP) is 3.33. The average molecular weight is 269 g/mol. The van der Waals surface area contributed by atoms with Crippen molar-refractivity contribution in [2.24, 2.45) is 0 Å². The van der Waals surface area contributed by atoms with Crippen molar-refractivity contribution in [1.29, 1.82) is 0 Å². The monoisotopic (exact) mass is 269 g/mol. The van der Waals surface area contributed by atoms with Crippen molar-refractivity contribution in [3.8, 4) is 0 Å². The number of hydrogen-bond donors (Lipinski definition) is 2. The van der Waals surface area contributed by atoms with E-state index < -0.39 is 0 Å². The summed E-state index contributed by atoms with van der Waals surface area (Å²) >= 11 is 0. The number of hydrogen-bond acceptors (Lipinski definition) is 3. The molecule has 2 aromatic heterocycles. The third-order valence-corrected chi connectivity index (χ3v) is 3.44. The molecule has 20 heavy (non-hydrogen) atoms. The lowest BCUT2D eigenvalue weighted by Gasteiger charge is -1.99. The summed E-state index contributed by atoms with van der Waals surface area (Å²) in [7, 11) is 0. The van der Waals surface area contributed by atoms with Crippen LogP contribution in [0.4, 0.5) is 5.69 Å². The van der Waals surface area contributed by atoms with Crippen molar-refractivity contribution in [2.45, 2.75) is 20.8 Å². The smallest absolute Gasteiger partial charge is 0.291 e. The molecule has 0 bridgehead atoms. The van der Waals surface area contributed by atoms with Crippen LogP contribution >= 0.6 is 0 Å². The highest BCUT2D eigenvalue weighted by atomic mass is 16.3. The van der Waals surface area contributed by atoms with Crippen molar-refractivity contribution >= 4 is 22.6 Å². The Morgan fingerprint density at radius 1 is 1.25 bits per heavy atom. The zero-order chi connectivity index (χ0) is 14.3. The molecule has 0 radical (unpaired) electrons. The second-order valence-corrected chi connectivity index (χ2v) is 4.90. The molecule has 0 atom stereocenters. The van der Waals surface area contributed by atoms with Crippen LogP contribution in [0.15, 0.2) is 28.9 Å². The van der Waals surface area contributed by atoms with Gasteiger partial charge in [0.25, 0.3) is 5.91 Å². The maximum Gasteiger partial charge on any atom is 0.291 e. The number of rotatable bonds is 2. The van der Waals surface area contributed by atoms with E-state index in [0.29, 0.717) is 11.4 Å². The van der Waals surface area contributed by atoms with Crippen LogP contribution in [0.1, 0.15) is 27.2 Å². The molecule has 3 aromatic rings. The van der Waals surface area contributed by atoms with Gasteiger partial charge in [0, 0.05) is 17.1 Å². The molecule has 0 fully saturated rings. The lowest BCUT2D eigenvalue weighted by molar-refractivity contribution is 0.0998. The minimum atomic E-state index is -0.265. The molecule has 1 amide bonds. The van der Waals surface area contributed by atoms with E-state index in [1.165, 1.54) is 0 Å². The molecular weight excluding hydrogens is 254 g/mol. The standard InChI is InChI=1S/C15H15N3O2/c1-8-4-5-9(2)13-12(8)10(3)14(20-13)15(19)18-11-6-16-17-7-11/h4-7H,1-3H3,(H,16,17)(H,18,19). The Morgan fingerprint density at radius 3 is 2.65 bits per heavy atom. The van der Waals surface area contributed by atoms with Gasteiger partial charge in [0.15, 0.2) is 5.76 Å². The molecule has 0 spiro atoms. The van der Waals surface area contributed by atoms with E-state index in [4.69, 9.17) is 4.42 Å². The second-order valence-electron chi connectivity index (χ2n) is 4.90. The molecule has 2 heterocycles. The maximum absolute atomic E-state index is 12.3. The van der Waals surface area contributed by atoms with Gasteiger partial charge in [0.2, 0.25) is 0 Å². The number of furan rings is 1. The summed E-state index contributed by atoms with van der Waals surface area (Å²) in [4.78, 5) is 12.3. The first kappa shape index (κ1) is 12.5. The van der Waals surface area contributed by atoms with Gasteiger partial charge < -0.3 is 9.73 Å². The summed E-state index contributed by atoms with van der Waals surface area (Å²) in [5.74, 6) is 0.0810. The third kappa shape index (κ3) is 1.87. The molecule has 1 aromatic carbocycles. The van der Waals surface area contributed by atoms with Gasteiger partial charge in [-0.15, -0.1) is 0 Å². The van der Waals surface area contributed by atoms with Gasteiger partial charge in [-0.2, -0.15) is 5.10 Å².